The van der Waals surface area contributed by atoms with Crippen LogP contribution >= 0.6 is 15.9 Å². The molecule has 0 saturated carbocycles. The van der Waals surface area contributed by atoms with Crippen LogP contribution in [0.4, 0.5) is 0 Å². The van der Waals surface area contributed by atoms with E-state index in [4.69, 9.17) is 4.74 Å². The lowest BCUT2D eigenvalue weighted by atomic mass is 10.1. The fraction of sp³-hybridized carbons (Fsp3) is 0.267. The van der Waals surface area contributed by atoms with Gasteiger partial charge in [0.05, 0.1) is 12.8 Å². The molecular weight excluding hydrogens is 336 g/mol. The molecule has 1 atom stereocenters. The van der Waals surface area contributed by atoms with Crippen LogP contribution in [-0.2, 0) is 9.53 Å². The van der Waals surface area contributed by atoms with Crippen LogP contribution in [0.25, 0.3) is 11.3 Å². The number of carbonyl (C=O) groups excluding carboxylic acids is 1. The summed E-state index contributed by atoms with van der Waals surface area (Å²) in [5, 5.41) is 4.30. The summed E-state index contributed by atoms with van der Waals surface area (Å²) in [4.78, 5) is 23.7. The molecule has 110 valence electrons. The van der Waals surface area contributed by atoms with Crippen molar-refractivity contribution in [3.05, 3.63) is 51.2 Å². The highest BCUT2D eigenvalue weighted by Crippen LogP contribution is 2.20. The first-order valence-corrected chi connectivity index (χ1v) is 7.29. The molecule has 0 unspecified atom stereocenters. The van der Waals surface area contributed by atoms with Crippen LogP contribution in [0.3, 0.4) is 0 Å². The van der Waals surface area contributed by atoms with E-state index >= 15 is 0 Å². The number of ether oxygens (including phenoxy) is 1. The van der Waals surface area contributed by atoms with Crippen molar-refractivity contribution in [1.29, 1.82) is 0 Å². The number of hydrogen-bond donors (Lipinski definition) is 0. The van der Waals surface area contributed by atoms with Gasteiger partial charge in [-0.15, -0.1) is 0 Å². The summed E-state index contributed by atoms with van der Waals surface area (Å²) in [6.45, 7) is 1.81. The molecule has 0 amide bonds. The van der Waals surface area contributed by atoms with E-state index in [9.17, 15) is 9.59 Å². The quantitative estimate of drug-likeness (QED) is 0.795. The molecule has 0 aliphatic carbocycles. The van der Waals surface area contributed by atoms with Gasteiger partial charge in [0.15, 0.2) is 6.04 Å². The van der Waals surface area contributed by atoms with E-state index in [1.807, 2.05) is 31.2 Å². The van der Waals surface area contributed by atoms with Gasteiger partial charge in [0.1, 0.15) is 0 Å². The van der Waals surface area contributed by atoms with Crippen molar-refractivity contribution in [2.75, 3.05) is 7.11 Å². The summed E-state index contributed by atoms with van der Waals surface area (Å²) in [5.74, 6) is -0.472. The SMILES string of the molecule is CC[C@H](C(=O)OC)n1nc(-c2ccc(Br)cc2)ccc1=O. The summed E-state index contributed by atoms with van der Waals surface area (Å²) in [6, 6.07) is 9.91. The standard InChI is InChI=1S/C15H15BrN2O3/c1-3-13(15(20)21-2)18-14(19)9-8-12(17-18)10-4-6-11(16)7-5-10/h4-9,13H,3H2,1-2H3/t13-/m1/s1. The molecular formula is C15H15BrN2O3. The van der Waals surface area contributed by atoms with Gasteiger partial charge in [-0.25, -0.2) is 9.48 Å². The lowest BCUT2D eigenvalue weighted by molar-refractivity contribution is -0.145. The zero-order valence-electron chi connectivity index (χ0n) is 11.7. The minimum absolute atomic E-state index is 0.326. The van der Waals surface area contributed by atoms with Gasteiger partial charge >= 0.3 is 5.97 Å². The zero-order valence-corrected chi connectivity index (χ0v) is 13.3. The van der Waals surface area contributed by atoms with E-state index in [1.54, 1.807) is 6.07 Å². The van der Waals surface area contributed by atoms with Gasteiger partial charge in [0, 0.05) is 16.1 Å². The molecule has 6 heteroatoms. The number of hydrogen-bond acceptors (Lipinski definition) is 4. The summed E-state index contributed by atoms with van der Waals surface area (Å²) in [5.41, 5.74) is 1.17. The second kappa shape index (κ2) is 6.67. The Morgan fingerprint density at radius 3 is 2.52 bits per heavy atom. The molecule has 0 saturated heterocycles. The second-order valence-electron chi connectivity index (χ2n) is 4.46. The third kappa shape index (κ3) is 3.39. The number of aromatic nitrogens is 2. The monoisotopic (exact) mass is 350 g/mol. The minimum atomic E-state index is -0.710. The van der Waals surface area contributed by atoms with Crippen molar-refractivity contribution in [3.8, 4) is 11.3 Å². The summed E-state index contributed by atoms with van der Waals surface area (Å²) in [7, 11) is 1.30. The average molecular weight is 351 g/mol. The number of halogens is 1. The molecule has 1 aromatic carbocycles. The molecule has 0 aliphatic heterocycles. The van der Waals surface area contributed by atoms with Crippen molar-refractivity contribution in [2.24, 2.45) is 0 Å². The van der Waals surface area contributed by atoms with Gasteiger partial charge in [0.2, 0.25) is 0 Å². The topological polar surface area (TPSA) is 61.2 Å². The Balaban J connectivity index is 2.48. The molecule has 0 radical (unpaired) electrons. The van der Waals surface area contributed by atoms with E-state index in [-0.39, 0.29) is 5.56 Å². The Morgan fingerprint density at radius 2 is 1.95 bits per heavy atom. The lowest BCUT2D eigenvalue weighted by Gasteiger charge is -2.15. The number of nitrogens with zero attached hydrogens (tertiary/aromatic N) is 2. The predicted molar refractivity (Wildman–Crippen MR) is 83.0 cm³/mol. The molecule has 0 spiro atoms. The first-order chi connectivity index (χ1) is 10.1. The molecule has 1 heterocycles. The van der Waals surface area contributed by atoms with Gasteiger partial charge < -0.3 is 4.74 Å². The van der Waals surface area contributed by atoms with Gasteiger partial charge in [0.25, 0.3) is 5.56 Å². The predicted octanol–water partition coefficient (Wildman–Crippen LogP) is 2.80. The molecule has 0 N–H and O–H groups in total. The van der Waals surface area contributed by atoms with Gasteiger partial charge in [-0.05, 0) is 24.6 Å². The zero-order chi connectivity index (χ0) is 15.4. The number of benzene rings is 1. The third-order valence-corrected chi connectivity index (χ3v) is 3.65. The molecule has 5 nitrogen and oxygen atoms in total. The Morgan fingerprint density at radius 1 is 1.29 bits per heavy atom. The minimum Gasteiger partial charge on any atom is -0.467 e. The number of rotatable bonds is 4. The van der Waals surface area contributed by atoms with Crippen LogP contribution in [0.2, 0.25) is 0 Å². The van der Waals surface area contributed by atoms with Crippen molar-refractivity contribution in [2.45, 2.75) is 19.4 Å². The first-order valence-electron chi connectivity index (χ1n) is 6.50. The van der Waals surface area contributed by atoms with Crippen molar-refractivity contribution < 1.29 is 9.53 Å². The smallest absolute Gasteiger partial charge is 0.330 e. The number of esters is 1. The maximum absolute atomic E-state index is 12.0. The normalized spacial score (nSPS) is 12.0. The molecule has 2 aromatic rings. The van der Waals surface area contributed by atoms with E-state index in [1.165, 1.54) is 17.9 Å². The average Bonchev–Trinajstić information content (AvgIpc) is 2.50. The molecule has 21 heavy (non-hydrogen) atoms. The van der Waals surface area contributed by atoms with Crippen LogP contribution in [-0.4, -0.2) is 22.9 Å². The number of carbonyl (C=O) groups is 1. The third-order valence-electron chi connectivity index (χ3n) is 3.12. The number of methoxy groups -OCH3 is 1. The second-order valence-corrected chi connectivity index (χ2v) is 5.37. The van der Waals surface area contributed by atoms with Gasteiger partial charge in [-0.3, -0.25) is 4.79 Å². The first kappa shape index (κ1) is 15.4. The summed E-state index contributed by atoms with van der Waals surface area (Å²) in [6.07, 6.45) is 0.434. The van der Waals surface area contributed by atoms with Crippen LogP contribution < -0.4 is 5.56 Å². The fourth-order valence-corrected chi connectivity index (χ4v) is 2.26. The van der Waals surface area contributed by atoms with Gasteiger partial charge in [-0.2, -0.15) is 5.10 Å². The van der Waals surface area contributed by atoms with E-state index in [0.717, 1.165) is 10.0 Å². The molecule has 0 aliphatic rings. The highest BCUT2D eigenvalue weighted by molar-refractivity contribution is 9.10. The Bertz CT molecular complexity index is 695. The van der Waals surface area contributed by atoms with Crippen molar-refractivity contribution >= 4 is 21.9 Å². The lowest BCUT2D eigenvalue weighted by Crippen LogP contribution is -2.32. The van der Waals surface area contributed by atoms with E-state index in [0.29, 0.717) is 12.1 Å². The Kier molecular flexibility index (Phi) is 4.90. The van der Waals surface area contributed by atoms with Crippen molar-refractivity contribution in [3.63, 3.8) is 0 Å². The molecule has 2 rings (SSSR count). The largest absolute Gasteiger partial charge is 0.467 e. The van der Waals surface area contributed by atoms with Gasteiger partial charge in [-0.1, -0.05) is 35.0 Å². The Labute approximate surface area is 130 Å². The van der Waals surface area contributed by atoms with Crippen LogP contribution in [0, 0.1) is 0 Å². The maximum Gasteiger partial charge on any atom is 0.330 e. The molecule has 0 bridgehead atoms. The van der Waals surface area contributed by atoms with E-state index < -0.39 is 12.0 Å². The molecule has 0 fully saturated rings. The summed E-state index contributed by atoms with van der Waals surface area (Å²) < 4.78 is 6.87. The van der Waals surface area contributed by atoms with Crippen LogP contribution in [0.15, 0.2) is 45.7 Å². The summed E-state index contributed by atoms with van der Waals surface area (Å²) >= 11 is 3.37. The molecule has 1 aromatic heterocycles. The highest BCUT2D eigenvalue weighted by atomic mass is 79.9. The fourth-order valence-electron chi connectivity index (χ4n) is 2.00. The van der Waals surface area contributed by atoms with Crippen LogP contribution in [0.5, 0.6) is 0 Å². The Hall–Kier alpha value is -1.95. The maximum atomic E-state index is 12.0. The van der Waals surface area contributed by atoms with Crippen molar-refractivity contribution in [1.82, 2.24) is 9.78 Å². The highest BCUT2D eigenvalue weighted by Gasteiger charge is 2.21. The van der Waals surface area contributed by atoms with Crippen LogP contribution in [0.1, 0.15) is 19.4 Å². The van der Waals surface area contributed by atoms with E-state index in [2.05, 4.69) is 21.0 Å².